The van der Waals surface area contributed by atoms with Crippen molar-refractivity contribution in [2.75, 3.05) is 11.5 Å². The number of oxazole rings is 1. The number of anilines is 2. The summed E-state index contributed by atoms with van der Waals surface area (Å²) >= 11 is 0. The number of rotatable bonds is 4. The minimum atomic E-state index is -0.891. The summed E-state index contributed by atoms with van der Waals surface area (Å²) in [6.45, 7) is 1.28. The number of aromatic nitrogens is 4. The van der Waals surface area contributed by atoms with Gasteiger partial charge < -0.3 is 20.6 Å². The number of nitrogens with two attached hydrogens (primary N) is 2. The van der Waals surface area contributed by atoms with Crippen LogP contribution in [0.15, 0.2) is 33.5 Å². The monoisotopic (exact) mass is 330 g/mol. The lowest BCUT2D eigenvalue weighted by molar-refractivity contribution is -0.148. The number of para-hydroxylation sites is 2. The van der Waals surface area contributed by atoms with Crippen molar-refractivity contribution in [2.45, 2.75) is 19.6 Å². The maximum absolute atomic E-state index is 12.2. The van der Waals surface area contributed by atoms with E-state index in [1.807, 2.05) is 0 Å². The van der Waals surface area contributed by atoms with E-state index in [9.17, 15) is 9.59 Å². The number of esters is 1. The van der Waals surface area contributed by atoms with E-state index in [-0.39, 0.29) is 24.3 Å². The molecule has 4 N–H and O–H groups in total. The highest BCUT2D eigenvalue weighted by molar-refractivity contribution is 5.79. The van der Waals surface area contributed by atoms with Crippen molar-refractivity contribution in [3.63, 3.8) is 0 Å². The van der Waals surface area contributed by atoms with Gasteiger partial charge in [0.1, 0.15) is 6.04 Å². The van der Waals surface area contributed by atoms with E-state index in [0.717, 1.165) is 0 Å². The van der Waals surface area contributed by atoms with Crippen molar-refractivity contribution in [1.29, 1.82) is 0 Å². The van der Waals surface area contributed by atoms with Crippen LogP contribution in [0.3, 0.4) is 0 Å². The van der Waals surface area contributed by atoms with Crippen LogP contribution in [0.4, 0.5) is 11.9 Å². The van der Waals surface area contributed by atoms with Crippen molar-refractivity contribution < 1.29 is 13.9 Å². The number of hydrogen-bond acceptors (Lipinski definition) is 9. The zero-order valence-corrected chi connectivity index (χ0v) is 12.7. The van der Waals surface area contributed by atoms with Gasteiger partial charge in [-0.15, -0.1) is 0 Å². The summed E-state index contributed by atoms with van der Waals surface area (Å²) in [6.07, 6.45) is 0. The number of nitrogen functional groups attached to an aromatic ring is 2. The van der Waals surface area contributed by atoms with Crippen LogP contribution in [0, 0.1) is 0 Å². The number of ether oxygens (including phenoxy) is 1. The van der Waals surface area contributed by atoms with Crippen LogP contribution in [0.2, 0.25) is 0 Å². The molecule has 10 nitrogen and oxygen atoms in total. The molecule has 2 heterocycles. The van der Waals surface area contributed by atoms with Gasteiger partial charge in [-0.2, -0.15) is 15.0 Å². The van der Waals surface area contributed by atoms with Crippen molar-refractivity contribution in [3.8, 4) is 0 Å². The Labute approximate surface area is 135 Å². The molecule has 3 aromatic rings. The molecular weight excluding hydrogens is 316 g/mol. The quantitative estimate of drug-likeness (QED) is 0.641. The average molecular weight is 330 g/mol. The first kappa shape index (κ1) is 15.5. The van der Waals surface area contributed by atoms with Gasteiger partial charge in [0.2, 0.25) is 11.9 Å². The molecule has 0 aliphatic heterocycles. The Morgan fingerprint density at radius 1 is 1.25 bits per heavy atom. The van der Waals surface area contributed by atoms with E-state index in [0.29, 0.717) is 11.1 Å². The molecule has 0 aliphatic carbocycles. The van der Waals surface area contributed by atoms with Crippen molar-refractivity contribution in [1.82, 2.24) is 19.5 Å². The second-order valence-corrected chi connectivity index (χ2v) is 4.96. The molecule has 0 fully saturated rings. The lowest BCUT2D eigenvalue weighted by Crippen LogP contribution is -2.26. The van der Waals surface area contributed by atoms with Gasteiger partial charge >= 0.3 is 11.7 Å². The van der Waals surface area contributed by atoms with Crippen LogP contribution in [0.25, 0.3) is 11.1 Å². The molecule has 2 aromatic heterocycles. The molecule has 124 valence electrons. The van der Waals surface area contributed by atoms with Crippen molar-refractivity contribution >= 4 is 29.0 Å². The second-order valence-electron chi connectivity index (χ2n) is 4.96. The first-order chi connectivity index (χ1) is 11.5. The van der Waals surface area contributed by atoms with Crippen molar-refractivity contribution in [2.24, 2.45) is 0 Å². The van der Waals surface area contributed by atoms with E-state index in [1.165, 1.54) is 11.5 Å². The SMILES string of the molecule is CC(C(=O)OCc1nc(N)nc(N)n1)n1c(=O)oc2ccccc21. The highest BCUT2D eigenvalue weighted by Gasteiger charge is 2.23. The van der Waals surface area contributed by atoms with Gasteiger partial charge in [0, 0.05) is 0 Å². The third-order valence-electron chi connectivity index (χ3n) is 3.31. The Balaban J connectivity index is 1.79. The lowest BCUT2D eigenvalue weighted by Gasteiger charge is -2.12. The number of nitrogens with zero attached hydrogens (tertiary/aromatic N) is 4. The molecule has 0 bridgehead atoms. The van der Waals surface area contributed by atoms with Crippen LogP contribution >= 0.6 is 0 Å². The fourth-order valence-corrected chi connectivity index (χ4v) is 2.23. The molecule has 3 rings (SSSR count). The van der Waals surface area contributed by atoms with Crippen LogP contribution in [0.5, 0.6) is 0 Å². The standard InChI is InChI=1S/C14H14N6O4/c1-7(20-8-4-2-3-5-9(8)24-14(20)22)11(21)23-6-10-17-12(15)19-13(16)18-10/h2-5,7H,6H2,1H3,(H4,15,16,17,18,19). The average Bonchev–Trinajstić information content (AvgIpc) is 2.86. The Bertz CT molecular complexity index is 943. The van der Waals surface area contributed by atoms with Crippen LogP contribution < -0.4 is 17.2 Å². The number of carbonyl (C=O) groups excluding carboxylic acids is 1. The van der Waals surface area contributed by atoms with Gasteiger partial charge in [0.05, 0.1) is 5.52 Å². The molecule has 0 radical (unpaired) electrons. The number of hydrogen-bond donors (Lipinski definition) is 2. The summed E-state index contributed by atoms with van der Waals surface area (Å²) in [7, 11) is 0. The third kappa shape index (κ3) is 2.89. The highest BCUT2D eigenvalue weighted by atomic mass is 16.5. The molecule has 0 aliphatic rings. The molecule has 1 unspecified atom stereocenters. The second kappa shape index (κ2) is 5.99. The number of benzene rings is 1. The Morgan fingerprint density at radius 3 is 2.62 bits per heavy atom. The van der Waals surface area contributed by atoms with Crippen LogP contribution in [-0.4, -0.2) is 25.5 Å². The normalized spacial score (nSPS) is 12.2. The zero-order chi connectivity index (χ0) is 17.3. The predicted octanol–water partition coefficient (Wildman–Crippen LogP) is 0.248. The highest BCUT2D eigenvalue weighted by Crippen LogP contribution is 2.17. The number of carbonyl (C=O) groups is 1. The lowest BCUT2D eigenvalue weighted by atomic mass is 10.3. The molecule has 0 amide bonds. The van der Waals surface area contributed by atoms with Crippen molar-refractivity contribution in [3.05, 3.63) is 40.6 Å². The van der Waals surface area contributed by atoms with E-state index < -0.39 is 17.8 Å². The van der Waals surface area contributed by atoms with Crippen LogP contribution in [-0.2, 0) is 16.1 Å². The van der Waals surface area contributed by atoms with E-state index in [1.54, 1.807) is 24.3 Å². The van der Waals surface area contributed by atoms with Gasteiger partial charge in [0.25, 0.3) is 0 Å². The van der Waals surface area contributed by atoms with Gasteiger partial charge in [-0.05, 0) is 19.1 Å². The van der Waals surface area contributed by atoms with Gasteiger partial charge in [-0.25, -0.2) is 9.59 Å². The van der Waals surface area contributed by atoms with Crippen LogP contribution in [0.1, 0.15) is 18.8 Å². The number of fused-ring (bicyclic) bond motifs is 1. The fourth-order valence-electron chi connectivity index (χ4n) is 2.23. The zero-order valence-electron chi connectivity index (χ0n) is 12.7. The Morgan fingerprint density at radius 2 is 1.92 bits per heavy atom. The van der Waals surface area contributed by atoms with E-state index >= 15 is 0 Å². The Kier molecular flexibility index (Phi) is 3.86. The molecule has 0 spiro atoms. The summed E-state index contributed by atoms with van der Waals surface area (Å²) in [5, 5.41) is 0. The minimum absolute atomic E-state index is 0.0707. The van der Waals surface area contributed by atoms with E-state index in [2.05, 4.69) is 15.0 Å². The van der Waals surface area contributed by atoms with Gasteiger partial charge in [0.15, 0.2) is 18.0 Å². The molecule has 24 heavy (non-hydrogen) atoms. The minimum Gasteiger partial charge on any atom is -0.456 e. The maximum Gasteiger partial charge on any atom is 0.420 e. The molecule has 1 atom stereocenters. The maximum atomic E-state index is 12.2. The summed E-state index contributed by atoms with van der Waals surface area (Å²) in [5.74, 6) is -1.32. The molecular formula is C14H14N6O4. The molecule has 0 saturated carbocycles. The summed E-state index contributed by atoms with van der Waals surface area (Å²) in [5.41, 5.74) is 11.8. The summed E-state index contributed by atoms with van der Waals surface area (Å²) in [4.78, 5) is 35.4. The smallest absolute Gasteiger partial charge is 0.420 e. The van der Waals surface area contributed by atoms with E-state index in [4.69, 9.17) is 20.6 Å². The molecule has 10 heteroatoms. The third-order valence-corrected chi connectivity index (χ3v) is 3.31. The molecule has 0 saturated heterocycles. The largest absolute Gasteiger partial charge is 0.456 e. The topological polar surface area (TPSA) is 152 Å². The first-order valence-electron chi connectivity index (χ1n) is 6.98. The Hall–Kier alpha value is -3.43. The van der Waals surface area contributed by atoms with Gasteiger partial charge in [-0.1, -0.05) is 12.1 Å². The fraction of sp³-hybridized carbons (Fsp3) is 0.214. The summed E-state index contributed by atoms with van der Waals surface area (Å²) < 4.78 is 11.4. The van der Waals surface area contributed by atoms with Gasteiger partial charge in [-0.3, -0.25) is 4.57 Å². The predicted molar refractivity (Wildman–Crippen MR) is 83.6 cm³/mol. The first-order valence-corrected chi connectivity index (χ1v) is 6.98. The summed E-state index contributed by atoms with van der Waals surface area (Å²) in [6, 6.07) is 5.90. The molecule has 1 aromatic carbocycles.